The quantitative estimate of drug-likeness (QED) is 0.734. The van der Waals surface area contributed by atoms with Crippen LogP contribution in [0.3, 0.4) is 0 Å². The number of methoxy groups -OCH3 is 1. The zero-order valence-electron chi connectivity index (χ0n) is 12.2. The topological polar surface area (TPSA) is 18.5 Å². The molecule has 1 aliphatic rings. The van der Waals surface area contributed by atoms with Crippen LogP contribution in [0.5, 0.6) is 11.5 Å². The number of hydrogen-bond acceptors (Lipinski definition) is 2. The molecule has 0 amide bonds. The zero-order valence-corrected chi connectivity index (χ0v) is 12.2. The molecule has 1 heterocycles. The number of rotatable bonds is 4. The first kappa shape index (κ1) is 13.7. The van der Waals surface area contributed by atoms with E-state index in [1.807, 2.05) is 18.2 Å². The maximum Gasteiger partial charge on any atom is 0.128 e. The van der Waals surface area contributed by atoms with Crippen LogP contribution in [-0.4, -0.2) is 12.7 Å². The smallest absolute Gasteiger partial charge is 0.128 e. The van der Waals surface area contributed by atoms with Crippen LogP contribution >= 0.6 is 0 Å². The van der Waals surface area contributed by atoms with Gasteiger partial charge in [-0.15, -0.1) is 0 Å². The van der Waals surface area contributed by atoms with Gasteiger partial charge in [0.25, 0.3) is 0 Å². The third kappa shape index (κ3) is 3.40. The Morgan fingerprint density at radius 3 is 2.84 bits per heavy atom. The van der Waals surface area contributed by atoms with Gasteiger partial charge in [-0.2, -0.15) is 0 Å². The third-order valence-electron chi connectivity index (χ3n) is 3.37. The van der Waals surface area contributed by atoms with Crippen molar-refractivity contribution in [2.24, 2.45) is 0 Å². The standard InChI is InChI=1S/C17H22O2/c1-13(2)6-5-10-17(3)11-9-14-12-15(18-4)7-8-16(14)19-17/h6-9,11-12H,5,10H2,1-4H3. The van der Waals surface area contributed by atoms with Crippen molar-refractivity contribution < 1.29 is 9.47 Å². The molecule has 0 aromatic heterocycles. The number of fused-ring (bicyclic) bond motifs is 1. The van der Waals surface area contributed by atoms with E-state index in [1.165, 1.54) is 5.57 Å². The summed E-state index contributed by atoms with van der Waals surface area (Å²) >= 11 is 0. The van der Waals surface area contributed by atoms with Crippen molar-refractivity contribution in [1.82, 2.24) is 0 Å². The van der Waals surface area contributed by atoms with Crippen LogP contribution in [-0.2, 0) is 0 Å². The molecule has 1 aromatic rings. The van der Waals surface area contributed by atoms with E-state index in [-0.39, 0.29) is 5.60 Å². The summed E-state index contributed by atoms with van der Waals surface area (Å²) in [5.74, 6) is 1.79. The summed E-state index contributed by atoms with van der Waals surface area (Å²) in [6.45, 7) is 6.39. The van der Waals surface area contributed by atoms with Gasteiger partial charge in [0.05, 0.1) is 7.11 Å². The molecule has 0 radical (unpaired) electrons. The first-order chi connectivity index (χ1) is 9.02. The molecule has 0 spiro atoms. The van der Waals surface area contributed by atoms with Crippen molar-refractivity contribution in [3.63, 3.8) is 0 Å². The molecule has 0 saturated carbocycles. The molecule has 0 N–H and O–H groups in total. The lowest BCUT2D eigenvalue weighted by molar-refractivity contribution is 0.128. The minimum absolute atomic E-state index is 0.215. The molecule has 2 rings (SSSR count). The fourth-order valence-electron chi connectivity index (χ4n) is 2.21. The minimum atomic E-state index is -0.215. The van der Waals surface area contributed by atoms with Crippen LogP contribution in [0, 0.1) is 0 Å². The van der Waals surface area contributed by atoms with E-state index in [1.54, 1.807) is 7.11 Å². The molecule has 19 heavy (non-hydrogen) atoms. The molecule has 0 fully saturated rings. The SMILES string of the molecule is COc1ccc2c(c1)C=CC(C)(CCC=C(C)C)O2. The first-order valence-corrected chi connectivity index (χ1v) is 6.72. The summed E-state index contributed by atoms with van der Waals surface area (Å²) in [7, 11) is 1.68. The Morgan fingerprint density at radius 1 is 1.37 bits per heavy atom. The highest BCUT2D eigenvalue weighted by molar-refractivity contribution is 5.62. The Morgan fingerprint density at radius 2 is 2.16 bits per heavy atom. The molecule has 2 heteroatoms. The van der Waals surface area contributed by atoms with E-state index in [0.29, 0.717) is 0 Å². The molecule has 0 saturated heterocycles. The van der Waals surface area contributed by atoms with E-state index in [0.717, 1.165) is 29.9 Å². The van der Waals surface area contributed by atoms with Gasteiger partial charge >= 0.3 is 0 Å². The second kappa shape index (κ2) is 5.52. The molecule has 102 valence electrons. The van der Waals surface area contributed by atoms with Crippen LogP contribution in [0.1, 0.15) is 39.2 Å². The predicted octanol–water partition coefficient (Wildman–Crippen LogP) is 4.61. The Hall–Kier alpha value is -1.70. The average Bonchev–Trinajstić information content (AvgIpc) is 2.37. The lowest BCUT2D eigenvalue weighted by Crippen LogP contribution is -2.31. The maximum absolute atomic E-state index is 6.13. The molecule has 1 atom stereocenters. The van der Waals surface area contributed by atoms with Gasteiger partial charge in [0.1, 0.15) is 17.1 Å². The summed E-state index contributed by atoms with van der Waals surface area (Å²) in [6.07, 6.45) is 8.55. The average molecular weight is 258 g/mol. The molecule has 0 bridgehead atoms. The molecule has 1 aliphatic heterocycles. The fraction of sp³-hybridized carbons (Fsp3) is 0.412. The molecule has 1 unspecified atom stereocenters. The van der Waals surface area contributed by atoms with E-state index in [4.69, 9.17) is 9.47 Å². The van der Waals surface area contributed by atoms with Crippen molar-refractivity contribution in [3.05, 3.63) is 41.5 Å². The second-order valence-corrected chi connectivity index (χ2v) is 5.47. The summed E-state index contributed by atoms with van der Waals surface area (Å²) in [5, 5.41) is 0. The summed E-state index contributed by atoms with van der Waals surface area (Å²) in [6, 6.07) is 5.92. The van der Waals surface area contributed by atoms with Crippen LogP contribution < -0.4 is 9.47 Å². The summed E-state index contributed by atoms with van der Waals surface area (Å²) < 4.78 is 11.4. The van der Waals surface area contributed by atoms with Crippen molar-refractivity contribution in [2.45, 2.75) is 39.2 Å². The van der Waals surface area contributed by atoms with E-state index in [2.05, 4.69) is 39.0 Å². The van der Waals surface area contributed by atoms with Gasteiger partial charge in [-0.1, -0.05) is 17.7 Å². The lowest BCUT2D eigenvalue weighted by atomic mass is 9.94. The van der Waals surface area contributed by atoms with Crippen molar-refractivity contribution in [3.8, 4) is 11.5 Å². The normalized spacial score (nSPS) is 20.4. The van der Waals surface area contributed by atoms with E-state index in [9.17, 15) is 0 Å². The van der Waals surface area contributed by atoms with Gasteiger partial charge < -0.3 is 9.47 Å². The molecule has 1 aromatic carbocycles. The lowest BCUT2D eigenvalue weighted by Gasteiger charge is -2.31. The molecular weight excluding hydrogens is 236 g/mol. The van der Waals surface area contributed by atoms with E-state index >= 15 is 0 Å². The van der Waals surface area contributed by atoms with Crippen molar-refractivity contribution in [2.75, 3.05) is 7.11 Å². The number of hydrogen-bond donors (Lipinski definition) is 0. The molecular formula is C17H22O2. The van der Waals surface area contributed by atoms with Crippen LogP contribution in [0.4, 0.5) is 0 Å². The van der Waals surface area contributed by atoms with Crippen molar-refractivity contribution in [1.29, 1.82) is 0 Å². The zero-order chi connectivity index (χ0) is 13.9. The predicted molar refractivity (Wildman–Crippen MR) is 79.7 cm³/mol. The van der Waals surface area contributed by atoms with Gasteiger partial charge in [0, 0.05) is 5.56 Å². The minimum Gasteiger partial charge on any atom is -0.497 e. The summed E-state index contributed by atoms with van der Waals surface area (Å²) in [4.78, 5) is 0. The van der Waals surface area contributed by atoms with Crippen LogP contribution in [0.15, 0.2) is 35.9 Å². The third-order valence-corrected chi connectivity index (χ3v) is 3.37. The first-order valence-electron chi connectivity index (χ1n) is 6.72. The highest BCUT2D eigenvalue weighted by Gasteiger charge is 2.26. The van der Waals surface area contributed by atoms with E-state index < -0.39 is 0 Å². The molecule has 2 nitrogen and oxygen atoms in total. The van der Waals surface area contributed by atoms with Gasteiger partial charge in [-0.05, 0) is 57.9 Å². The number of allylic oxidation sites excluding steroid dienone is 2. The van der Waals surface area contributed by atoms with Crippen LogP contribution in [0.25, 0.3) is 6.08 Å². The van der Waals surface area contributed by atoms with Crippen molar-refractivity contribution >= 4 is 6.08 Å². The number of ether oxygens (including phenoxy) is 2. The van der Waals surface area contributed by atoms with Gasteiger partial charge in [-0.25, -0.2) is 0 Å². The Bertz CT molecular complexity index is 510. The second-order valence-electron chi connectivity index (χ2n) is 5.47. The highest BCUT2D eigenvalue weighted by Crippen LogP contribution is 2.35. The largest absolute Gasteiger partial charge is 0.497 e. The fourth-order valence-corrected chi connectivity index (χ4v) is 2.21. The highest BCUT2D eigenvalue weighted by atomic mass is 16.5. The van der Waals surface area contributed by atoms with Crippen LogP contribution in [0.2, 0.25) is 0 Å². The number of benzene rings is 1. The monoisotopic (exact) mass is 258 g/mol. The van der Waals surface area contributed by atoms with Gasteiger partial charge in [-0.3, -0.25) is 0 Å². The molecule has 0 aliphatic carbocycles. The Labute approximate surface area is 115 Å². The van der Waals surface area contributed by atoms with Gasteiger partial charge in [0.15, 0.2) is 0 Å². The maximum atomic E-state index is 6.13. The van der Waals surface area contributed by atoms with Gasteiger partial charge in [0.2, 0.25) is 0 Å². The Kier molecular flexibility index (Phi) is 3.98. The summed E-state index contributed by atoms with van der Waals surface area (Å²) in [5.41, 5.74) is 2.22. The Balaban J connectivity index is 2.12.